The van der Waals surface area contributed by atoms with Gasteiger partial charge in [-0.15, -0.1) is 11.3 Å². The molecule has 1 aromatic heterocycles. The van der Waals surface area contributed by atoms with Gasteiger partial charge in [0.25, 0.3) is 0 Å². The standard InChI is InChI=1S/C19H34N4OS/c1-3-6-16(10-13-24)15-21-19(20-4-2)22-17-8-11-23(12-9-17)18-7-5-14-25-18/h5,7,14,16-17,24H,3-4,6,8-13,15H2,1-2H3,(H2,20,21,22). The molecule has 1 unspecified atom stereocenters. The highest BCUT2D eigenvalue weighted by molar-refractivity contribution is 7.14. The maximum absolute atomic E-state index is 9.21. The van der Waals surface area contributed by atoms with E-state index in [1.54, 1.807) is 0 Å². The van der Waals surface area contributed by atoms with E-state index in [1.165, 1.54) is 5.00 Å². The van der Waals surface area contributed by atoms with E-state index in [0.717, 1.165) is 64.2 Å². The molecule has 2 rings (SSSR count). The average Bonchev–Trinajstić information content (AvgIpc) is 3.15. The number of piperidine rings is 1. The molecule has 3 N–H and O–H groups in total. The zero-order valence-electron chi connectivity index (χ0n) is 15.7. The number of nitrogens with zero attached hydrogens (tertiary/aromatic N) is 2. The Bertz CT molecular complexity index is 478. The third kappa shape index (κ3) is 6.86. The fraction of sp³-hybridized carbons (Fsp3) is 0.737. The minimum Gasteiger partial charge on any atom is -0.396 e. The summed E-state index contributed by atoms with van der Waals surface area (Å²) in [5, 5.41) is 19.7. The monoisotopic (exact) mass is 366 g/mol. The van der Waals surface area contributed by atoms with Crippen LogP contribution in [0.4, 0.5) is 5.00 Å². The lowest BCUT2D eigenvalue weighted by Gasteiger charge is -2.33. The van der Waals surface area contributed by atoms with Crippen molar-refractivity contribution in [2.75, 3.05) is 37.7 Å². The largest absolute Gasteiger partial charge is 0.396 e. The third-order valence-electron chi connectivity index (χ3n) is 4.74. The summed E-state index contributed by atoms with van der Waals surface area (Å²) in [6.45, 7) is 8.41. The molecule has 0 aliphatic carbocycles. The van der Waals surface area contributed by atoms with Crippen LogP contribution in [0.5, 0.6) is 0 Å². The number of hydrogen-bond donors (Lipinski definition) is 3. The molecule has 5 nitrogen and oxygen atoms in total. The molecule has 0 saturated carbocycles. The topological polar surface area (TPSA) is 59.9 Å². The Morgan fingerprint density at radius 2 is 2.16 bits per heavy atom. The average molecular weight is 367 g/mol. The summed E-state index contributed by atoms with van der Waals surface area (Å²) in [6, 6.07) is 4.81. The molecule has 0 spiro atoms. The second-order valence-electron chi connectivity index (χ2n) is 6.74. The van der Waals surface area contributed by atoms with Crippen LogP contribution in [0, 0.1) is 5.92 Å². The van der Waals surface area contributed by atoms with Crippen LogP contribution in [0.2, 0.25) is 0 Å². The molecule has 0 bridgehead atoms. The molecular formula is C19H34N4OS. The van der Waals surface area contributed by atoms with Crippen molar-refractivity contribution in [2.24, 2.45) is 10.9 Å². The van der Waals surface area contributed by atoms with Crippen molar-refractivity contribution < 1.29 is 5.11 Å². The smallest absolute Gasteiger partial charge is 0.191 e. The molecule has 1 aliphatic heterocycles. The number of anilines is 1. The summed E-state index contributed by atoms with van der Waals surface area (Å²) in [6.07, 6.45) is 5.39. The van der Waals surface area contributed by atoms with E-state index in [4.69, 9.17) is 4.99 Å². The van der Waals surface area contributed by atoms with Gasteiger partial charge >= 0.3 is 0 Å². The van der Waals surface area contributed by atoms with Gasteiger partial charge in [-0.1, -0.05) is 13.3 Å². The molecule has 25 heavy (non-hydrogen) atoms. The lowest BCUT2D eigenvalue weighted by Crippen LogP contribution is -2.48. The van der Waals surface area contributed by atoms with Gasteiger partial charge in [-0.25, -0.2) is 0 Å². The Morgan fingerprint density at radius 1 is 1.36 bits per heavy atom. The number of aliphatic hydroxyl groups excluding tert-OH is 1. The Kier molecular flexibility index (Phi) is 9.11. The van der Waals surface area contributed by atoms with Gasteiger partial charge in [-0.2, -0.15) is 0 Å². The Labute approximate surface area is 156 Å². The van der Waals surface area contributed by atoms with Gasteiger partial charge in [-0.05, 0) is 56.0 Å². The highest BCUT2D eigenvalue weighted by atomic mass is 32.1. The molecule has 1 aromatic rings. The van der Waals surface area contributed by atoms with Crippen LogP contribution in [-0.2, 0) is 0 Å². The molecule has 2 heterocycles. The molecular weight excluding hydrogens is 332 g/mol. The van der Waals surface area contributed by atoms with E-state index in [9.17, 15) is 5.11 Å². The number of hydrogen-bond acceptors (Lipinski definition) is 4. The minimum absolute atomic E-state index is 0.255. The zero-order chi connectivity index (χ0) is 17.9. The first kappa shape index (κ1) is 20.0. The van der Waals surface area contributed by atoms with Crippen molar-refractivity contribution in [1.82, 2.24) is 10.6 Å². The minimum atomic E-state index is 0.255. The first-order valence-corrected chi connectivity index (χ1v) is 10.6. The third-order valence-corrected chi connectivity index (χ3v) is 5.67. The molecule has 0 aromatic carbocycles. The summed E-state index contributed by atoms with van der Waals surface area (Å²) in [5.74, 6) is 1.40. The van der Waals surface area contributed by atoms with E-state index in [2.05, 4.69) is 46.9 Å². The van der Waals surface area contributed by atoms with E-state index < -0.39 is 0 Å². The normalized spacial score (nSPS) is 17.6. The molecule has 142 valence electrons. The molecule has 0 radical (unpaired) electrons. The Hall–Kier alpha value is -1.27. The van der Waals surface area contributed by atoms with Crippen LogP contribution < -0.4 is 15.5 Å². The summed E-state index contributed by atoms with van der Waals surface area (Å²) < 4.78 is 0. The zero-order valence-corrected chi connectivity index (χ0v) is 16.5. The molecule has 0 amide bonds. The predicted molar refractivity (Wildman–Crippen MR) is 109 cm³/mol. The number of guanidine groups is 1. The van der Waals surface area contributed by atoms with Gasteiger partial charge in [0.05, 0.1) is 5.00 Å². The fourth-order valence-electron chi connectivity index (χ4n) is 3.35. The van der Waals surface area contributed by atoms with Gasteiger partial charge in [0, 0.05) is 38.8 Å². The summed E-state index contributed by atoms with van der Waals surface area (Å²) in [5.41, 5.74) is 0. The molecule has 6 heteroatoms. The van der Waals surface area contributed by atoms with Gasteiger partial charge in [0.15, 0.2) is 5.96 Å². The van der Waals surface area contributed by atoms with Crippen molar-refractivity contribution in [3.05, 3.63) is 17.5 Å². The first-order chi connectivity index (χ1) is 12.3. The quantitative estimate of drug-likeness (QED) is 0.464. The highest BCUT2D eigenvalue weighted by Crippen LogP contribution is 2.24. The summed E-state index contributed by atoms with van der Waals surface area (Å²) >= 11 is 1.82. The lowest BCUT2D eigenvalue weighted by molar-refractivity contribution is 0.253. The predicted octanol–water partition coefficient (Wildman–Crippen LogP) is 3.07. The van der Waals surface area contributed by atoms with Gasteiger partial charge in [0.1, 0.15) is 0 Å². The fourth-order valence-corrected chi connectivity index (χ4v) is 4.13. The van der Waals surface area contributed by atoms with E-state index in [-0.39, 0.29) is 6.61 Å². The van der Waals surface area contributed by atoms with Crippen LogP contribution in [-0.4, -0.2) is 49.9 Å². The molecule has 1 fully saturated rings. The molecule has 1 aliphatic rings. The maximum atomic E-state index is 9.21. The Balaban J connectivity index is 1.83. The van der Waals surface area contributed by atoms with Crippen LogP contribution in [0.3, 0.4) is 0 Å². The highest BCUT2D eigenvalue weighted by Gasteiger charge is 2.20. The van der Waals surface area contributed by atoms with Crippen LogP contribution in [0.25, 0.3) is 0 Å². The van der Waals surface area contributed by atoms with Crippen LogP contribution in [0.1, 0.15) is 46.0 Å². The summed E-state index contributed by atoms with van der Waals surface area (Å²) in [4.78, 5) is 7.26. The van der Waals surface area contributed by atoms with E-state index in [1.807, 2.05) is 11.3 Å². The van der Waals surface area contributed by atoms with Crippen molar-refractivity contribution in [2.45, 2.75) is 52.0 Å². The van der Waals surface area contributed by atoms with E-state index >= 15 is 0 Å². The molecule has 1 saturated heterocycles. The first-order valence-electron chi connectivity index (χ1n) is 9.70. The SMILES string of the molecule is CCCC(CCO)CN=C(NCC)NC1CCN(c2cccs2)CC1. The van der Waals surface area contributed by atoms with Gasteiger partial charge < -0.3 is 20.6 Å². The van der Waals surface area contributed by atoms with E-state index in [0.29, 0.717) is 12.0 Å². The van der Waals surface area contributed by atoms with Gasteiger partial charge in [0.2, 0.25) is 0 Å². The van der Waals surface area contributed by atoms with Crippen molar-refractivity contribution in [3.63, 3.8) is 0 Å². The number of nitrogens with one attached hydrogen (secondary N) is 2. The van der Waals surface area contributed by atoms with Crippen LogP contribution >= 0.6 is 11.3 Å². The van der Waals surface area contributed by atoms with Crippen molar-refractivity contribution >= 4 is 22.3 Å². The summed E-state index contributed by atoms with van der Waals surface area (Å²) in [7, 11) is 0. The van der Waals surface area contributed by atoms with Crippen LogP contribution in [0.15, 0.2) is 22.5 Å². The Morgan fingerprint density at radius 3 is 2.76 bits per heavy atom. The second kappa shape index (κ2) is 11.4. The number of thiophene rings is 1. The number of rotatable bonds is 9. The number of aliphatic hydroxyl groups is 1. The van der Waals surface area contributed by atoms with Gasteiger partial charge in [-0.3, -0.25) is 4.99 Å². The number of aliphatic imine (C=N–C) groups is 1. The lowest BCUT2D eigenvalue weighted by atomic mass is 10.0. The molecule has 1 atom stereocenters. The van der Waals surface area contributed by atoms with Crippen molar-refractivity contribution in [1.29, 1.82) is 0 Å². The van der Waals surface area contributed by atoms with Crippen molar-refractivity contribution in [3.8, 4) is 0 Å². The maximum Gasteiger partial charge on any atom is 0.191 e. The second-order valence-corrected chi connectivity index (χ2v) is 7.67.